The van der Waals surface area contributed by atoms with E-state index >= 15 is 0 Å². The van der Waals surface area contributed by atoms with Gasteiger partial charge in [0.25, 0.3) is 0 Å². The van der Waals surface area contributed by atoms with Gasteiger partial charge in [-0.1, -0.05) is 64.5 Å². The predicted octanol–water partition coefficient (Wildman–Crippen LogP) is 6.44. The Kier molecular flexibility index (Phi) is 6.26. The normalized spacial score (nSPS) is 12.7. The zero-order valence-corrected chi connectivity index (χ0v) is 19.9. The number of hydrogen-bond donors (Lipinski definition) is 0. The summed E-state index contributed by atoms with van der Waals surface area (Å²) in [6.45, 7) is 1.76. The van der Waals surface area contributed by atoms with Crippen LogP contribution in [-0.2, 0) is 21.6 Å². The van der Waals surface area contributed by atoms with E-state index in [1.807, 2.05) is 12.1 Å². The summed E-state index contributed by atoms with van der Waals surface area (Å²) in [5.41, 5.74) is 7.55. The first-order chi connectivity index (χ1) is 14.8. The van der Waals surface area contributed by atoms with Crippen molar-refractivity contribution in [3.05, 3.63) is 90.1 Å². The second-order valence-electron chi connectivity index (χ2n) is 7.97. The highest BCUT2D eigenvalue weighted by Crippen LogP contribution is 2.32. The second-order valence-corrected chi connectivity index (χ2v) is 11.0. The summed E-state index contributed by atoms with van der Waals surface area (Å²) in [5.74, 6) is 0. The molecule has 0 amide bonds. The van der Waals surface area contributed by atoms with E-state index in [1.165, 1.54) is 11.8 Å². The number of pyridine rings is 1. The molecule has 5 heteroatoms. The number of fused-ring (bicyclic) bond motifs is 1. The van der Waals surface area contributed by atoms with Crippen LogP contribution >= 0.6 is 15.9 Å². The summed E-state index contributed by atoms with van der Waals surface area (Å²) in [4.78, 5) is 4.63. The van der Waals surface area contributed by atoms with Crippen molar-refractivity contribution in [1.29, 1.82) is 0 Å². The maximum atomic E-state index is 12.0. The summed E-state index contributed by atoms with van der Waals surface area (Å²) in [6.07, 6.45) is 3.57. The van der Waals surface area contributed by atoms with E-state index in [2.05, 4.69) is 81.6 Å². The Morgan fingerprint density at radius 1 is 0.871 bits per heavy atom. The smallest absolute Gasteiger partial charge is 0.150 e. The van der Waals surface area contributed by atoms with Gasteiger partial charge in [0.15, 0.2) is 0 Å². The van der Waals surface area contributed by atoms with E-state index in [4.69, 9.17) is 0 Å². The van der Waals surface area contributed by atoms with Crippen molar-refractivity contribution in [2.24, 2.45) is 0 Å². The molecule has 3 aromatic carbocycles. The lowest BCUT2D eigenvalue weighted by Gasteiger charge is -2.14. The molecule has 1 heterocycles. The number of hydrogen-bond acceptors (Lipinski definition) is 3. The zero-order valence-electron chi connectivity index (χ0n) is 17.5. The number of aromatic nitrogens is 1. The Morgan fingerprint density at radius 2 is 1.61 bits per heavy atom. The fraction of sp³-hybridized carbons (Fsp3) is 0.192. The standard InChI is InChI=1S/C26H24BrNO2S/c1-18(31(2,29)30)13-20-14-24-7-4-12-28-26(24)25(15-20)23-6-3-5-22(16-23)21-10-8-19(17-27)9-11-21/h3-12,14-16,18H,13,17H2,1-2H3. The van der Waals surface area contributed by atoms with Crippen molar-refractivity contribution in [3.63, 3.8) is 0 Å². The second kappa shape index (κ2) is 8.93. The van der Waals surface area contributed by atoms with Crippen LogP contribution in [0, 0.1) is 0 Å². The van der Waals surface area contributed by atoms with E-state index in [9.17, 15) is 8.42 Å². The minimum absolute atomic E-state index is 0.436. The largest absolute Gasteiger partial charge is 0.256 e. The number of nitrogens with zero attached hydrogens (tertiary/aromatic N) is 1. The van der Waals surface area contributed by atoms with Gasteiger partial charge >= 0.3 is 0 Å². The zero-order chi connectivity index (χ0) is 22.0. The highest BCUT2D eigenvalue weighted by Gasteiger charge is 2.17. The summed E-state index contributed by atoms with van der Waals surface area (Å²) < 4.78 is 24.0. The predicted molar refractivity (Wildman–Crippen MR) is 133 cm³/mol. The van der Waals surface area contributed by atoms with Crippen LogP contribution in [0.3, 0.4) is 0 Å². The molecular formula is C26H24BrNO2S. The molecule has 31 heavy (non-hydrogen) atoms. The average Bonchev–Trinajstić information content (AvgIpc) is 2.78. The van der Waals surface area contributed by atoms with Gasteiger partial charge in [0.05, 0.1) is 10.8 Å². The molecule has 0 aliphatic heterocycles. The first kappa shape index (κ1) is 21.7. The van der Waals surface area contributed by atoms with E-state index in [1.54, 1.807) is 13.1 Å². The Balaban J connectivity index is 1.81. The van der Waals surface area contributed by atoms with Gasteiger partial charge in [0.1, 0.15) is 9.84 Å². The highest BCUT2D eigenvalue weighted by molar-refractivity contribution is 9.08. The molecule has 0 bridgehead atoms. The van der Waals surface area contributed by atoms with Crippen LogP contribution in [0.25, 0.3) is 33.2 Å². The van der Waals surface area contributed by atoms with Gasteiger partial charge in [-0.05, 0) is 65.4 Å². The quantitative estimate of drug-likeness (QED) is 0.290. The molecule has 0 fully saturated rings. The number of halogens is 1. The van der Waals surface area contributed by atoms with Crippen LogP contribution < -0.4 is 0 Å². The molecule has 1 unspecified atom stereocenters. The molecule has 0 saturated carbocycles. The third kappa shape index (κ3) is 4.89. The molecule has 158 valence electrons. The van der Waals surface area contributed by atoms with Crippen LogP contribution in [-0.4, -0.2) is 24.9 Å². The topological polar surface area (TPSA) is 47.0 Å². The summed E-state index contributed by atoms with van der Waals surface area (Å²) >= 11 is 3.49. The number of sulfone groups is 1. The SMILES string of the molecule is CC(Cc1cc(-c2cccc(-c3ccc(CBr)cc3)c2)c2ncccc2c1)S(C)(=O)=O. The molecule has 0 aliphatic rings. The number of benzene rings is 3. The molecule has 4 aromatic rings. The van der Waals surface area contributed by atoms with Gasteiger partial charge in [-0.25, -0.2) is 8.42 Å². The Hall–Kier alpha value is -2.50. The Morgan fingerprint density at radius 3 is 2.32 bits per heavy atom. The maximum absolute atomic E-state index is 12.0. The lowest BCUT2D eigenvalue weighted by atomic mass is 9.94. The molecule has 3 nitrogen and oxygen atoms in total. The van der Waals surface area contributed by atoms with Crippen LogP contribution in [0.15, 0.2) is 79.0 Å². The van der Waals surface area contributed by atoms with Crippen molar-refractivity contribution in [3.8, 4) is 22.3 Å². The van der Waals surface area contributed by atoms with E-state index < -0.39 is 15.1 Å². The molecule has 0 radical (unpaired) electrons. The highest BCUT2D eigenvalue weighted by atomic mass is 79.9. The van der Waals surface area contributed by atoms with Gasteiger partial charge in [-0.2, -0.15) is 0 Å². The van der Waals surface area contributed by atoms with E-state index in [-0.39, 0.29) is 0 Å². The van der Waals surface area contributed by atoms with E-state index in [0.29, 0.717) is 6.42 Å². The first-order valence-electron chi connectivity index (χ1n) is 10.2. The summed E-state index contributed by atoms with van der Waals surface area (Å²) in [6, 6.07) is 25.0. The lowest BCUT2D eigenvalue weighted by Crippen LogP contribution is -2.18. The van der Waals surface area contributed by atoms with Crippen LogP contribution in [0.2, 0.25) is 0 Å². The molecular weight excluding hydrogens is 470 g/mol. The van der Waals surface area contributed by atoms with Crippen molar-refractivity contribution < 1.29 is 8.42 Å². The average molecular weight is 494 g/mol. The van der Waals surface area contributed by atoms with Gasteiger partial charge in [0, 0.05) is 28.7 Å². The first-order valence-corrected chi connectivity index (χ1v) is 13.2. The van der Waals surface area contributed by atoms with Gasteiger partial charge in [-0.15, -0.1) is 0 Å². The molecule has 0 N–H and O–H groups in total. The monoisotopic (exact) mass is 493 g/mol. The minimum atomic E-state index is -3.10. The third-order valence-corrected chi connectivity index (χ3v) is 7.91. The van der Waals surface area contributed by atoms with E-state index in [0.717, 1.165) is 44.1 Å². The number of rotatable bonds is 6. The molecule has 0 spiro atoms. The Bertz CT molecular complexity index is 1330. The van der Waals surface area contributed by atoms with Crippen molar-refractivity contribution >= 4 is 36.7 Å². The van der Waals surface area contributed by atoms with Crippen LogP contribution in [0.4, 0.5) is 0 Å². The lowest BCUT2D eigenvalue weighted by molar-refractivity contribution is 0.588. The van der Waals surface area contributed by atoms with Crippen molar-refractivity contribution in [2.45, 2.75) is 23.9 Å². The van der Waals surface area contributed by atoms with Crippen LogP contribution in [0.5, 0.6) is 0 Å². The fourth-order valence-corrected chi connectivity index (χ4v) is 4.60. The number of alkyl halides is 1. The summed E-state index contributed by atoms with van der Waals surface area (Å²) in [7, 11) is -3.10. The molecule has 0 saturated heterocycles. The van der Waals surface area contributed by atoms with Gasteiger partial charge < -0.3 is 0 Å². The van der Waals surface area contributed by atoms with Gasteiger partial charge in [-0.3, -0.25) is 4.98 Å². The Labute approximate surface area is 192 Å². The maximum Gasteiger partial charge on any atom is 0.150 e. The fourth-order valence-electron chi connectivity index (χ4n) is 3.73. The van der Waals surface area contributed by atoms with Crippen molar-refractivity contribution in [2.75, 3.05) is 6.26 Å². The van der Waals surface area contributed by atoms with Gasteiger partial charge in [0.2, 0.25) is 0 Å². The molecule has 1 atom stereocenters. The van der Waals surface area contributed by atoms with Crippen LogP contribution in [0.1, 0.15) is 18.1 Å². The molecule has 0 aliphatic carbocycles. The van der Waals surface area contributed by atoms with Crippen molar-refractivity contribution in [1.82, 2.24) is 4.98 Å². The minimum Gasteiger partial charge on any atom is -0.256 e. The third-order valence-electron chi connectivity index (χ3n) is 5.63. The molecule has 4 rings (SSSR count). The summed E-state index contributed by atoms with van der Waals surface area (Å²) in [5, 5.41) is 1.42. The molecule has 1 aromatic heterocycles.